The number of benzene rings is 4. The maximum absolute atomic E-state index is 13.3. The number of carbonyl (C=O) groups excluding carboxylic acids is 3. The average Bonchev–Trinajstić information content (AvgIpc) is 3.02. The predicted octanol–water partition coefficient (Wildman–Crippen LogP) is 5.82. The predicted molar refractivity (Wildman–Crippen MR) is 167 cm³/mol. The van der Waals surface area contributed by atoms with E-state index in [0.717, 1.165) is 4.90 Å². The average molecular weight is 611 g/mol. The molecule has 0 saturated heterocycles. The molecule has 1 atom stereocenters. The van der Waals surface area contributed by atoms with Crippen molar-refractivity contribution in [2.75, 3.05) is 10.6 Å². The summed E-state index contributed by atoms with van der Waals surface area (Å²) in [5, 5.41) is 27.7. The standard InChI is InChI=1S/C32H26N4O7S/c1-20(29(37)34-25-9-5-8-23(19-25)32(40)41)44-27-16-12-24(13-17-27)33-31(39)28(35-30(38)22-6-3-2-4-7-22)18-21-10-14-26(15-11-21)36(42)43/h2-20H,1H3,(H,33,39)(H,34,37)(H,35,38)(H,40,41)/b28-18-. The third-order valence-corrected chi connectivity index (χ3v) is 7.23. The van der Waals surface area contributed by atoms with Crippen LogP contribution in [-0.2, 0) is 9.59 Å². The topological polar surface area (TPSA) is 168 Å². The lowest BCUT2D eigenvalue weighted by Crippen LogP contribution is -2.30. The third-order valence-electron chi connectivity index (χ3n) is 6.12. The first-order valence-corrected chi connectivity index (χ1v) is 14.0. The normalized spacial score (nSPS) is 11.6. The molecule has 12 heteroatoms. The van der Waals surface area contributed by atoms with Gasteiger partial charge in [0.15, 0.2) is 0 Å². The molecule has 0 saturated carbocycles. The molecule has 4 aromatic carbocycles. The molecular weight excluding hydrogens is 584 g/mol. The molecule has 0 aliphatic heterocycles. The fraction of sp³-hybridized carbons (Fsp3) is 0.0625. The highest BCUT2D eigenvalue weighted by Gasteiger charge is 2.18. The summed E-state index contributed by atoms with van der Waals surface area (Å²) < 4.78 is 0. The van der Waals surface area contributed by atoms with Crippen LogP contribution in [0.5, 0.6) is 0 Å². The van der Waals surface area contributed by atoms with Crippen molar-refractivity contribution >= 4 is 58.6 Å². The minimum Gasteiger partial charge on any atom is -0.478 e. The zero-order valence-electron chi connectivity index (χ0n) is 23.2. The SMILES string of the molecule is CC(Sc1ccc(NC(=O)/C(=C/c2ccc([N+](=O)[O-])cc2)NC(=O)c2ccccc2)cc1)C(=O)Nc1cccc(C(=O)O)c1. The Kier molecular flexibility index (Phi) is 10.2. The number of carbonyl (C=O) groups is 4. The second kappa shape index (κ2) is 14.4. The number of nitro groups is 1. The quantitative estimate of drug-likeness (QED) is 0.0713. The molecule has 0 radical (unpaired) electrons. The van der Waals surface area contributed by atoms with Crippen molar-refractivity contribution in [3.05, 3.63) is 136 Å². The Labute approximate surface area is 256 Å². The number of anilines is 2. The van der Waals surface area contributed by atoms with Crippen molar-refractivity contribution in [3.8, 4) is 0 Å². The first-order valence-electron chi connectivity index (χ1n) is 13.1. The number of rotatable bonds is 11. The van der Waals surface area contributed by atoms with Crippen LogP contribution in [0.15, 0.2) is 114 Å². The van der Waals surface area contributed by atoms with Crippen molar-refractivity contribution in [1.82, 2.24) is 5.32 Å². The van der Waals surface area contributed by atoms with Gasteiger partial charge in [-0.25, -0.2) is 4.79 Å². The summed E-state index contributed by atoms with van der Waals surface area (Å²) in [6.07, 6.45) is 1.41. The Balaban J connectivity index is 1.44. The number of carboxylic acid groups (broad SMARTS) is 1. The highest BCUT2D eigenvalue weighted by molar-refractivity contribution is 8.00. The molecule has 44 heavy (non-hydrogen) atoms. The van der Waals surface area contributed by atoms with E-state index in [1.165, 1.54) is 54.2 Å². The molecule has 1 unspecified atom stereocenters. The summed E-state index contributed by atoms with van der Waals surface area (Å²) in [6, 6.07) is 26.5. The van der Waals surface area contributed by atoms with Crippen LogP contribution >= 0.6 is 11.8 Å². The van der Waals surface area contributed by atoms with Crippen LogP contribution in [0.1, 0.15) is 33.2 Å². The summed E-state index contributed by atoms with van der Waals surface area (Å²) in [6.45, 7) is 1.71. The van der Waals surface area contributed by atoms with E-state index in [9.17, 15) is 29.3 Å². The van der Waals surface area contributed by atoms with Gasteiger partial charge in [0, 0.05) is 34.0 Å². The number of nitro benzene ring substituents is 1. The molecule has 0 bridgehead atoms. The number of aromatic carboxylic acids is 1. The molecule has 3 amide bonds. The van der Waals surface area contributed by atoms with E-state index in [-0.39, 0.29) is 22.9 Å². The molecule has 222 valence electrons. The molecule has 4 N–H and O–H groups in total. The zero-order chi connectivity index (χ0) is 31.6. The van der Waals surface area contributed by atoms with Gasteiger partial charge in [-0.1, -0.05) is 24.3 Å². The minimum atomic E-state index is -1.09. The Morgan fingerprint density at radius 3 is 2.11 bits per heavy atom. The number of hydrogen-bond acceptors (Lipinski definition) is 7. The van der Waals surface area contributed by atoms with E-state index >= 15 is 0 Å². The highest BCUT2D eigenvalue weighted by atomic mass is 32.2. The lowest BCUT2D eigenvalue weighted by Gasteiger charge is -2.14. The summed E-state index contributed by atoms with van der Waals surface area (Å²) in [5.74, 6) is -2.54. The van der Waals surface area contributed by atoms with E-state index in [0.29, 0.717) is 22.5 Å². The van der Waals surface area contributed by atoms with Gasteiger partial charge in [0.25, 0.3) is 17.5 Å². The van der Waals surface area contributed by atoms with Gasteiger partial charge < -0.3 is 21.1 Å². The molecule has 0 aromatic heterocycles. The number of hydrogen-bond donors (Lipinski definition) is 4. The van der Waals surface area contributed by atoms with Crippen molar-refractivity contribution in [2.24, 2.45) is 0 Å². The minimum absolute atomic E-state index is 0.0612. The lowest BCUT2D eigenvalue weighted by molar-refractivity contribution is -0.384. The second-order valence-corrected chi connectivity index (χ2v) is 10.8. The van der Waals surface area contributed by atoms with Crippen molar-refractivity contribution < 1.29 is 29.2 Å². The second-order valence-electron chi connectivity index (χ2n) is 9.34. The molecular formula is C32H26N4O7S. The van der Waals surface area contributed by atoms with E-state index in [4.69, 9.17) is 5.11 Å². The lowest BCUT2D eigenvalue weighted by atomic mass is 10.1. The van der Waals surface area contributed by atoms with E-state index in [1.807, 2.05) is 0 Å². The zero-order valence-corrected chi connectivity index (χ0v) is 24.0. The van der Waals surface area contributed by atoms with Crippen LogP contribution in [0.4, 0.5) is 17.1 Å². The Morgan fingerprint density at radius 1 is 0.818 bits per heavy atom. The smallest absolute Gasteiger partial charge is 0.335 e. The van der Waals surface area contributed by atoms with Gasteiger partial charge in [-0.15, -0.1) is 11.8 Å². The van der Waals surface area contributed by atoms with E-state index in [2.05, 4.69) is 16.0 Å². The van der Waals surface area contributed by atoms with Crippen LogP contribution in [0.3, 0.4) is 0 Å². The van der Waals surface area contributed by atoms with Gasteiger partial charge in [0.05, 0.1) is 15.7 Å². The number of non-ortho nitro benzene ring substituents is 1. The monoisotopic (exact) mass is 610 g/mol. The molecule has 0 spiro atoms. The highest BCUT2D eigenvalue weighted by Crippen LogP contribution is 2.26. The molecule has 0 aliphatic carbocycles. The van der Waals surface area contributed by atoms with Gasteiger partial charge in [0.1, 0.15) is 5.70 Å². The fourth-order valence-electron chi connectivity index (χ4n) is 3.85. The molecule has 4 aromatic rings. The van der Waals surface area contributed by atoms with E-state index in [1.54, 1.807) is 73.7 Å². The van der Waals surface area contributed by atoms with Crippen LogP contribution in [0, 0.1) is 10.1 Å². The first-order chi connectivity index (χ1) is 21.1. The Morgan fingerprint density at radius 2 is 1.48 bits per heavy atom. The van der Waals surface area contributed by atoms with Crippen LogP contribution in [0.2, 0.25) is 0 Å². The molecule has 4 rings (SSSR count). The van der Waals surface area contributed by atoms with Gasteiger partial charge in [0.2, 0.25) is 5.91 Å². The van der Waals surface area contributed by atoms with Gasteiger partial charge in [-0.05, 0) is 85.3 Å². The number of amides is 3. The summed E-state index contributed by atoms with van der Waals surface area (Å²) >= 11 is 1.27. The molecule has 11 nitrogen and oxygen atoms in total. The van der Waals surface area contributed by atoms with Crippen molar-refractivity contribution in [2.45, 2.75) is 17.1 Å². The van der Waals surface area contributed by atoms with Crippen molar-refractivity contribution in [3.63, 3.8) is 0 Å². The number of carboxylic acids is 1. The van der Waals surface area contributed by atoms with Crippen LogP contribution in [-0.4, -0.2) is 39.0 Å². The number of nitrogens with zero attached hydrogens (tertiary/aromatic N) is 1. The summed E-state index contributed by atoms with van der Waals surface area (Å²) in [5.41, 5.74) is 1.46. The summed E-state index contributed by atoms with van der Waals surface area (Å²) in [4.78, 5) is 61.1. The first kappa shape index (κ1) is 31.2. The van der Waals surface area contributed by atoms with Gasteiger partial charge >= 0.3 is 5.97 Å². The van der Waals surface area contributed by atoms with Crippen molar-refractivity contribution in [1.29, 1.82) is 0 Å². The maximum atomic E-state index is 13.3. The van der Waals surface area contributed by atoms with Crippen LogP contribution < -0.4 is 16.0 Å². The van der Waals surface area contributed by atoms with Gasteiger partial charge in [-0.3, -0.25) is 24.5 Å². The number of nitrogens with one attached hydrogen (secondary N) is 3. The van der Waals surface area contributed by atoms with Gasteiger partial charge in [-0.2, -0.15) is 0 Å². The van der Waals surface area contributed by atoms with E-state index < -0.39 is 28.0 Å². The number of thioether (sulfide) groups is 1. The summed E-state index contributed by atoms with van der Waals surface area (Å²) in [7, 11) is 0. The molecule has 0 heterocycles. The van der Waals surface area contributed by atoms with Crippen LogP contribution in [0.25, 0.3) is 6.08 Å². The molecule has 0 fully saturated rings. The Hall–Kier alpha value is -5.75. The largest absolute Gasteiger partial charge is 0.478 e. The Bertz CT molecular complexity index is 1720. The maximum Gasteiger partial charge on any atom is 0.335 e. The molecule has 0 aliphatic rings. The third kappa shape index (κ3) is 8.63. The fourth-order valence-corrected chi connectivity index (χ4v) is 4.72.